The summed E-state index contributed by atoms with van der Waals surface area (Å²) in [4.78, 5) is 23.7. The molecule has 1 spiro atoms. The van der Waals surface area contributed by atoms with Crippen LogP contribution in [0.4, 0.5) is 30.6 Å². The number of hydrogen-bond donors (Lipinski definition) is 2. The summed E-state index contributed by atoms with van der Waals surface area (Å²) in [5.41, 5.74) is -0.261. The molecule has 2 fully saturated rings. The van der Waals surface area contributed by atoms with Crippen LogP contribution in [0.1, 0.15) is 30.7 Å². The zero-order chi connectivity index (χ0) is 22.7. The van der Waals surface area contributed by atoms with Crippen molar-refractivity contribution in [3.63, 3.8) is 0 Å². The van der Waals surface area contributed by atoms with E-state index >= 15 is 0 Å². The number of rotatable bonds is 4. The number of alkyl halides is 3. The van der Waals surface area contributed by atoms with Gasteiger partial charge in [-0.3, -0.25) is 9.48 Å². The Kier molecular flexibility index (Phi) is 4.80. The van der Waals surface area contributed by atoms with Crippen molar-refractivity contribution >= 4 is 23.4 Å². The largest absolute Gasteiger partial charge is 0.433 e. The van der Waals surface area contributed by atoms with Gasteiger partial charge in [0.1, 0.15) is 16.9 Å². The fourth-order valence-electron chi connectivity index (χ4n) is 4.74. The lowest BCUT2D eigenvalue weighted by Crippen LogP contribution is -2.59. The van der Waals surface area contributed by atoms with E-state index in [0.717, 1.165) is 10.7 Å². The minimum atomic E-state index is -4.41. The molecule has 1 saturated carbocycles. The number of amides is 1. The number of nitrogens with one attached hydrogen (secondary N) is 2. The van der Waals surface area contributed by atoms with Gasteiger partial charge < -0.3 is 20.3 Å². The van der Waals surface area contributed by atoms with Gasteiger partial charge in [0.25, 0.3) is 5.91 Å². The minimum Gasteiger partial charge on any atom is -0.378 e. The molecule has 0 aromatic carbocycles. The molecule has 4 heterocycles. The summed E-state index contributed by atoms with van der Waals surface area (Å²) in [6.07, 6.45) is -1.26. The predicted molar refractivity (Wildman–Crippen MR) is 109 cm³/mol. The highest BCUT2D eigenvalue weighted by atomic mass is 19.4. The molecule has 0 unspecified atom stereocenters. The molecule has 1 aliphatic carbocycles. The Bertz CT molecular complexity index is 1040. The van der Waals surface area contributed by atoms with E-state index in [1.807, 2.05) is 18.9 Å². The number of aromatic nitrogens is 4. The van der Waals surface area contributed by atoms with Crippen molar-refractivity contribution in [1.29, 1.82) is 0 Å². The molecule has 12 heteroatoms. The van der Waals surface area contributed by atoms with Crippen molar-refractivity contribution in [2.45, 2.75) is 50.5 Å². The summed E-state index contributed by atoms with van der Waals surface area (Å²) < 4.78 is 45.6. The highest BCUT2D eigenvalue weighted by Crippen LogP contribution is 2.41. The van der Waals surface area contributed by atoms with Gasteiger partial charge in [-0.05, 0) is 31.7 Å². The Hall–Kier alpha value is -2.89. The first-order chi connectivity index (χ1) is 15.2. The average molecular weight is 451 g/mol. The normalized spacial score (nSPS) is 27.3. The second kappa shape index (κ2) is 7.32. The van der Waals surface area contributed by atoms with Crippen LogP contribution in [0, 0.1) is 12.8 Å². The Labute approximate surface area is 182 Å². The number of likely N-dealkylation sites (N-methyl/N-ethyl adjacent to an activating group) is 1. The second-order valence-electron chi connectivity index (χ2n) is 8.75. The molecule has 2 N–H and O–H groups in total. The fourth-order valence-corrected chi connectivity index (χ4v) is 4.74. The van der Waals surface area contributed by atoms with Gasteiger partial charge in [-0.25, -0.2) is 4.98 Å². The summed E-state index contributed by atoms with van der Waals surface area (Å²) in [5.74, 6) is 1.05. The number of fused-ring (bicyclic) bond motifs is 1. The van der Waals surface area contributed by atoms with Crippen molar-refractivity contribution in [1.82, 2.24) is 19.7 Å². The van der Waals surface area contributed by atoms with E-state index in [4.69, 9.17) is 4.74 Å². The van der Waals surface area contributed by atoms with Crippen LogP contribution in [0.25, 0.3) is 0 Å². The maximum Gasteiger partial charge on any atom is 0.433 e. The van der Waals surface area contributed by atoms with E-state index in [2.05, 4.69) is 25.7 Å². The highest BCUT2D eigenvalue weighted by Gasteiger charge is 2.50. The van der Waals surface area contributed by atoms with Gasteiger partial charge in [0.05, 0.1) is 12.3 Å². The van der Waals surface area contributed by atoms with Crippen molar-refractivity contribution < 1.29 is 22.7 Å². The fraction of sp³-hybridized carbons (Fsp3) is 0.600. The molecule has 3 aliphatic rings. The third-order valence-electron chi connectivity index (χ3n) is 6.70. The first-order valence-corrected chi connectivity index (χ1v) is 10.5. The standard InChI is InChI=1S/C20H24F3N7O2/c1-11-15-16(29(2)19(17(31)27-15)4-6-32-10-19)28-18(25-11)26-13-7-12(8-13)9-30-14(3-5-24-30)20(21,22)23/h3,5,12-13H,4,6-10H2,1-2H3,(H,27,31)(H,25,26,28)/t12?,13?,19-/m0/s1. The van der Waals surface area contributed by atoms with Crippen LogP contribution in [-0.2, 0) is 22.3 Å². The predicted octanol–water partition coefficient (Wildman–Crippen LogP) is 2.44. The Morgan fingerprint density at radius 1 is 1.34 bits per heavy atom. The van der Waals surface area contributed by atoms with Crippen molar-refractivity contribution in [3.8, 4) is 0 Å². The SMILES string of the molecule is Cc1nc(NC2CC(Cn3nccc3C(F)(F)F)C2)nc2c1NC(=O)[C@@]1(CCOC1)N2C. The molecular weight excluding hydrogens is 427 g/mol. The van der Waals surface area contributed by atoms with E-state index in [-0.39, 0.29) is 24.4 Å². The third kappa shape index (κ3) is 3.37. The quantitative estimate of drug-likeness (QED) is 0.737. The van der Waals surface area contributed by atoms with E-state index < -0.39 is 17.4 Å². The molecule has 1 amide bonds. The number of aryl methyl sites for hydroxylation is 1. The lowest BCUT2D eigenvalue weighted by Gasteiger charge is -2.42. The van der Waals surface area contributed by atoms with Crippen LogP contribution in [0.3, 0.4) is 0 Å². The Balaban J connectivity index is 1.26. The first kappa shape index (κ1) is 21.0. The van der Waals surface area contributed by atoms with Gasteiger partial charge in [-0.1, -0.05) is 0 Å². The average Bonchev–Trinajstić information content (AvgIpc) is 3.36. The smallest absolute Gasteiger partial charge is 0.378 e. The highest BCUT2D eigenvalue weighted by molar-refractivity contribution is 6.06. The van der Waals surface area contributed by atoms with Crippen LogP contribution in [0.2, 0.25) is 0 Å². The van der Waals surface area contributed by atoms with Crippen LogP contribution in [-0.4, -0.2) is 57.5 Å². The van der Waals surface area contributed by atoms with Gasteiger partial charge in [0.2, 0.25) is 5.95 Å². The van der Waals surface area contributed by atoms with Gasteiger partial charge in [-0.15, -0.1) is 0 Å². The summed E-state index contributed by atoms with van der Waals surface area (Å²) in [6, 6.07) is 1.06. The van der Waals surface area contributed by atoms with Gasteiger partial charge in [0, 0.05) is 38.9 Å². The molecule has 1 atom stereocenters. The monoisotopic (exact) mass is 451 g/mol. The van der Waals surface area contributed by atoms with Crippen molar-refractivity contribution in [2.75, 3.05) is 35.8 Å². The summed E-state index contributed by atoms with van der Waals surface area (Å²) in [6.45, 7) is 2.85. The topological polar surface area (TPSA) is 97.2 Å². The van der Waals surface area contributed by atoms with Crippen LogP contribution < -0.4 is 15.5 Å². The maximum atomic E-state index is 13.0. The number of halogens is 3. The molecule has 1 saturated heterocycles. The molecule has 5 rings (SSSR count). The zero-order valence-corrected chi connectivity index (χ0v) is 17.7. The number of ether oxygens (including phenoxy) is 1. The number of carbonyl (C=O) groups is 1. The van der Waals surface area contributed by atoms with E-state index in [0.29, 0.717) is 55.6 Å². The molecule has 0 radical (unpaired) electrons. The van der Waals surface area contributed by atoms with Crippen LogP contribution in [0.5, 0.6) is 0 Å². The van der Waals surface area contributed by atoms with Crippen molar-refractivity contribution in [3.05, 3.63) is 23.7 Å². The molecule has 2 aromatic rings. The van der Waals surface area contributed by atoms with E-state index in [9.17, 15) is 18.0 Å². The van der Waals surface area contributed by atoms with Crippen LogP contribution >= 0.6 is 0 Å². The van der Waals surface area contributed by atoms with Gasteiger partial charge in [0.15, 0.2) is 5.82 Å². The van der Waals surface area contributed by atoms with Gasteiger partial charge >= 0.3 is 6.18 Å². The molecular formula is C20H24F3N7O2. The summed E-state index contributed by atoms with van der Waals surface area (Å²) in [5, 5.41) is 10.0. The number of carbonyl (C=O) groups excluding carboxylic acids is 1. The Morgan fingerprint density at radius 3 is 2.81 bits per heavy atom. The van der Waals surface area contributed by atoms with E-state index in [1.54, 1.807) is 0 Å². The van der Waals surface area contributed by atoms with Crippen LogP contribution in [0.15, 0.2) is 12.3 Å². The molecule has 0 bridgehead atoms. The number of hydrogen-bond acceptors (Lipinski definition) is 7. The van der Waals surface area contributed by atoms with Gasteiger partial charge in [-0.2, -0.15) is 23.3 Å². The van der Waals surface area contributed by atoms with E-state index in [1.165, 1.54) is 6.20 Å². The summed E-state index contributed by atoms with van der Waals surface area (Å²) in [7, 11) is 1.84. The first-order valence-electron chi connectivity index (χ1n) is 10.5. The summed E-state index contributed by atoms with van der Waals surface area (Å²) >= 11 is 0. The molecule has 172 valence electrons. The van der Waals surface area contributed by atoms with Crippen molar-refractivity contribution in [2.24, 2.45) is 5.92 Å². The lowest BCUT2D eigenvalue weighted by molar-refractivity contribution is -0.144. The lowest BCUT2D eigenvalue weighted by atomic mass is 9.80. The molecule has 32 heavy (non-hydrogen) atoms. The minimum absolute atomic E-state index is 0.0645. The molecule has 9 nitrogen and oxygen atoms in total. The molecule has 2 aromatic heterocycles. The second-order valence-corrected chi connectivity index (χ2v) is 8.75. The maximum absolute atomic E-state index is 13.0. The third-order valence-corrected chi connectivity index (χ3v) is 6.70. The zero-order valence-electron chi connectivity index (χ0n) is 17.7. The number of anilines is 3. The Morgan fingerprint density at radius 2 is 2.12 bits per heavy atom. The number of nitrogens with zero attached hydrogens (tertiary/aromatic N) is 5. The molecule has 2 aliphatic heterocycles.